The number of aromatic amines is 1. The van der Waals surface area contributed by atoms with Crippen molar-refractivity contribution in [3.8, 4) is 0 Å². The summed E-state index contributed by atoms with van der Waals surface area (Å²) in [5.74, 6) is 0. The van der Waals surface area contributed by atoms with Crippen molar-refractivity contribution >= 4 is 0 Å². The zero-order valence-electron chi connectivity index (χ0n) is 6.14. The van der Waals surface area contributed by atoms with E-state index in [1.807, 2.05) is 13.8 Å². The molecule has 1 aromatic rings. The van der Waals surface area contributed by atoms with Gasteiger partial charge in [-0.15, -0.1) is 0 Å². The fraction of sp³-hybridized carbons (Fsp3) is 0.429. The van der Waals surface area contributed by atoms with Crippen LogP contribution in [0.2, 0.25) is 0 Å². The summed E-state index contributed by atoms with van der Waals surface area (Å²) in [6, 6.07) is 0. The maximum absolute atomic E-state index is 11.0. The smallest absolute Gasteiger partial charge is 0.267 e. The van der Waals surface area contributed by atoms with Crippen LogP contribution in [0.15, 0.2) is 11.0 Å². The quantitative estimate of drug-likeness (QED) is 0.619. The zero-order chi connectivity index (χ0) is 7.56. The monoisotopic (exact) mass is 138 g/mol. The number of nitrogens with one attached hydrogen (secondary N) is 1. The van der Waals surface area contributed by atoms with Crippen LogP contribution in [0.4, 0.5) is 0 Å². The minimum atomic E-state index is -0.0671. The molecule has 0 aromatic carbocycles. The molecule has 3 heteroatoms. The van der Waals surface area contributed by atoms with Crippen molar-refractivity contribution in [1.82, 2.24) is 10.2 Å². The minimum Gasteiger partial charge on any atom is -0.268 e. The molecule has 0 spiro atoms. The number of nitrogens with zero attached hydrogens (tertiary/aromatic N) is 1. The molecule has 3 nitrogen and oxygen atoms in total. The highest BCUT2D eigenvalue weighted by molar-refractivity contribution is 5.18. The predicted octanol–water partition coefficient (Wildman–Crippen LogP) is 0.641. The molecule has 0 aliphatic rings. The SMILES string of the molecule is CCc1c(C)cn[nH]c1=O. The van der Waals surface area contributed by atoms with Gasteiger partial charge < -0.3 is 0 Å². The van der Waals surface area contributed by atoms with E-state index >= 15 is 0 Å². The van der Waals surface area contributed by atoms with Crippen molar-refractivity contribution < 1.29 is 0 Å². The highest BCUT2D eigenvalue weighted by atomic mass is 16.1. The Morgan fingerprint density at radius 1 is 1.70 bits per heavy atom. The van der Waals surface area contributed by atoms with Crippen LogP contribution in [0, 0.1) is 6.92 Å². The van der Waals surface area contributed by atoms with Crippen molar-refractivity contribution in [2.24, 2.45) is 0 Å². The van der Waals surface area contributed by atoms with Gasteiger partial charge in [0.15, 0.2) is 0 Å². The fourth-order valence-corrected chi connectivity index (χ4v) is 0.952. The zero-order valence-corrected chi connectivity index (χ0v) is 6.14. The molecule has 0 radical (unpaired) electrons. The van der Waals surface area contributed by atoms with E-state index in [0.29, 0.717) is 0 Å². The molecule has 0 saturated carbocycles. The number of hydrogen-bond donors (Lipinski definition) is 1. The predicted molar refractivity (Wildman–Crippen MR) is 39.0 cm³/mol. The molecule has 1 N–H and O–H groups in total. The lowest BCUT2D eigenvalue weighted by atomic mass is 10.1. The minimum absolute atomic E-state index is 0.0671. The van der Waals surface area contributed by atoms with Crippen molar-refractivity contribution in [1.29, 1.82) is 0 Å². The van der Waals surface area contributed by atoms with Crippen molar-refractivity contribution in [2.75, 3.05) is 0 Å². The number of aryl methyl sites for hydroxylation is 1. The maximum atomic E-state index is 11.0. The Morgan fingerprint density at radius 2 is 2.40 bits per heavy atom. The van der Waals surface area contributed by atoms with Crippen molar-refractivity contribution in [3.05, 3.63) is 27.7 Å². The summed E-state index contributed by atoms with van der Waals surface area (Å²) >= 11 is 0. The Balaban J connectivity index is 3.31. The Labute approximate surface area is 59.1 Å². The second-order valence-electron chi connectivity index (χ2n) is 2.21. The summed E-state index contributed by atoms with van der Waals surface area (Å²) in [6.45, 7) is 3.85. The van der Waals surface area contributed by atoms with Gasteiger partial charge in [0, 0.05) is 5.56 Å². The molecule has 0 bridgehead atoms. The van der Waals surface area contributed by atoms with Gasteiger partial charge >= 0.3 is 0 Å². The van der Waals surface area contributed by atoms with E-state index in [9.17, 15) is 4.79 Å². The second kappa shape index (κ2) is 2.64. The molecule has 0 amide bonds. The third-order valence-electron chi connectivity index (χ3n) is 1.53. The van der Waals surface area contributed by atoms with Crippen molar-refractivity contribution in [3.63, 3.8) is 0 Å². The normalized spacial score (nSPS) is 9.80. The average molecular weight is 138 g/mol. The Bertz CT molecular complexity index is 277. The molecule has 1 aromatic heterocycles. The van der Waals surface area contributed by atoms with Gasteiger partial charge in [0.25, 0.3) is 5.56 Å². The standard InChI is InChI=1S/C7H10N2O/c1-3-6-5(2)4-8-9-7(6)10/h4H,3H2,1-2H3,(H,9,10). The lowest BCUT2D eigenvalue weighted by Crippen LogP contribution is -2.14. The van der Waals surface area contributed by atoms with Crippen LogP contribution in [0.3, 0.4) is 0 Å². The molecule has 10 heavy (non-hydrogen) atoms. The molecule has 0 aliphatic heterocycles. The highest BCUT2D eigenvalue weighted by Gasteiger charge is 1.98. The van der Waals surface area contributed by atoms with Gasteiger partial charge in [-0.2, -0.15) is 5.10 Å². The molecule has 0 aliphatic carbocycles. The van der Waals surface area contributed by atoms with Gasteiger partial charge in [0.05, 0.1) is 6.20 Å². The maximum Gasteiger partial charge on any atom is 0.267 e. The van der Waals surface area contributed by atoms with E-state index in [4.69, 9.17) is 0 Å². The van der Waals surface area contributed by atoms with Gasteiger partial charge in [-0.3, -0.25) is 4.79 Å². The number of H-pyrrole nitrogens is 1. The molecule has 0 atom stereocenters. The molecule has 0 saturated heterocycles. The first-order valence-corrected chi connectivity index (χ1v) is 3.29. The van der Waals surface area contributed by atoms with Crippen LogP contribution in [-0.4, -0.2) is 10.2 Å². The second-order valence-corrected chi connectivity index (χ2v) is 2.21. The Kier molecular flexibility index (Phi) is 1.85. The average Bonchev–Trinajstić information content (AvgIpc) is 1.88. The largest absolute Gasteiger partial charge is 0.268 e. The van der Waals surface area contributed by atoms with Crippen LogP contribution in [0.25, 0.3) is 0 Å². The highest BCUT2D eigenvalue weighted by Crippen LogP contribution is 1.97. The number of hydrogen-bond acceptors (Lipinski definition) is 2. The van der Waals surface area contributed by atoms with Crippen LogP contribution < -0.4 is 5.56 Å². The Morgan fingerprint density at radius 3 is 2.80 bits per heavy atom. The van der Waals surface area contributed by atoms with Gasteiger partial charge in [0.2, 0.25) is 0 Å². The van der Waals surface area contributed by atoms with E-state index in [1.54, 1.807) is 6.20 Å². The van der Waals surface area contributed by atoms with Crippen LogP contribution in [0.5, 0.6) is 0 Å². The summed E-state index contributed by atoms with van der Waals surface area (Å²) < 4.78 is 0. The molecular weight excluding hydrogens is 128 g/mol. The number of rotatable bonds is 1. The summed E-state index contributed by atoms with van der Waals surface area (Å²) in [7, 11) is 0. The first-order valence-electron chi connectivity index (χ1n) is 3.29. The van der Waals surface area contributed by atoms with Gasteiger partial charge in [-0.05, 0) is 18.9 Å². The lowest BCUT2D eigenvalue weighted by molar-refractivity contribution is 0.919. The van der Waals surface area contributed by atoms with Crippen LogP contribution in [0.1, 0.15) is 18.1 Å². The van der Waals surface area contributed by atoms with E-state index in [1.165, 1.54) is 0 Å². The first-order chi connectivity index (χ1) is 4.75. The third-order valence-corrected chi connectivity index (χ3v) is 1.53. The Hall–Kier alpha value is -1.12. The van der Waals surface area contributed by atoms with Gasteiger partial charge in [-0.1, -0.05) is 6.92 Å². The summed E-state index contributed by atoms with van der Waals surface area (Å²) in [6.07, 6.45) is 2.43. The summed E-state index contributed by atoms with van der Waals surface area (Å²) in [4.78, 5) is 11.0. The molecule has 0 unspecified atom stereocenters. The lowest BCUT2D eigenvalue weighted by Gasteiger charge is -1.96. The van der Waals surface area contributed by atoms with Crippen LogP contribution in [-0.2, 0) is 6.42 Å². The van der Waals surface area contributed by atoms with Gasteiger partial charge in [0.1, 0.15) is 0 Å². The van der Waals surface area contributed by atoms with E-state index in [-0.39, 0.29) is 5.56 Å². The third kappa shape index (κ3) is 1.07. The summed E-state index contributed by atoms with van der Waals surface area (Å²) in [5.41, 5.74) is 1.73. The van der Waals surface area contributed by atoms with Crippen molar-refractivity contribution in [2.45, 2.75) is 20.3 Å². The number of aromatic nitrogens is 2. The topological polar surface area (TPSA) is 45.8 Å². The molecular formula is C7H10N2O. The molecule has 1 heterocycles. The van der Waals surface area contributed by atoms with E-state index in [0.717, 1.165) is 17.5 Å². The van der Waals surface area contributed by atoms with E-state index in [2.05, 4.69) is 10.2 Å². The molecule has 0 fully saturated rings. The first kappa shape index (κ1) is 6.99. The fourth-order valence-electron chi connectivity index (χ4n) is 0.952. The molecule has 54 valence electrons. The van der Waals surface area contributed by atoms with E-state index < -0.39 is 0 Å². The van der Waals surface area contributed by atoms with Crippen LogP contribution >= 0.6 is 0 Å². The summed E-state index contributed by atoms with van der Waals surface area (Å²) in [5, 5.41) is 6.04. The van der Waals surface area contributed by atoms with Gasteiger partial charge in [-0.25, -0.2) is 5.10 Å². The molecule has 1 rings (SSSR count).